The van der Waals surface area contributed by atoms with E-state index >= 15 is 0 Å². The number of hydrogen-bond acceptors (Lipinski definition) is 12. The van der Waals surface area contributed by atoms with Crippen molar-refractivity contribution in [2.24, 2.45) is 0 Å². The summed E-state index contributed by atoms with van der Waals surface area (Å²) in [5.74, 6) is -9.28. The standard InChI is InChI=1S/2C8H17.3C4H4O4.2Sn/c2*1-3-5-7-8-6-4-2;3*5-3(6)1-2-4(7)8;;/h2*1,3-8H2,2H3;3*1-2H,(H,5,6)(H,7,8);;/q;;;;;2*+3/p-6. The zero-order valence-electron chi connectivity index (χ0n) is 24.3. The zero-order chi connectivity index (χ0) is 33.6. The molecule has 0 amide bonds. The molecule has 232 valence electrons. The van der Waals surface area contributed by atoms with E-state index in [1.807, 2.05) is 0 Å². The van der Waals surface area contributed by atoms with Gasteiger partial charge in [0.2, 0.25) is 0 Å². The molecule has 0 aliphatic carbocycles. The fraction of sp³-hybridized carbons (Fsp3) is 0.571. The van der Waals surface area contributed by atoms with E-state index < -0.39 is 35.8 Å². The van der Waals surface area contributed by atoms with Crippen LogP contribution in [0.4, 0.5) is 0 Å². The molecule has 0 spiro atoms. The third kappa shape index (κ3) is 83.2. The van der Waals surface area contributed by atoms with Gasteiger partial charge in [0.05, 0.1) is 35.8 Å². The molecule has 0 unspecified atom stereocenters. The van der Waals surface area contributed by atoms with Crippen molar-refractivity contribution in [2.75, 3.05) is 0 Å². The quantitative estimate of drug-likeness (QED) is 0.0765. The van der Waals surface area contributed by atoms with Gasteiger partial charge >= 0.3 is 145 Å². The SMILES string of the molecule is CCCCCCC[CH2][Sn+3].CCCCCCC[CH2][Sn+3].O=C([O-])C=CC(=O)[O-].O=C([O-])C=CC(=O)[O-].O=C([O-])C=CC(=O)[O-]. The summed E-state index contributed by atoms with van der Waals surface area (Å²) < 4.78 is 2.91. The summed E-state index contributed by atoms with van der Waals surface area (Å²) in [5.41, 5.74) is 0. The van der Waals surface area contributed by atoms with Crippen LogP contribution in [-0.4, -0.2) is 80.9 Å². The van der Waals surface area contributed by atoms with E-state index in [0.717, 1.165) is 0 Å². The Bertz CT molecular complexity index is 639. The minimum absolute atomic E-state index is 0.384. The van der Waals surface area contributed by atoms with Gasteiger partial charge < -0.3 is 59.4 Å². The van der Waals surface area contributed by atoms with Crippen LogP contribution in [0.3, 0.4) is 0 Å². The number of carbonyl (C=O) groups is 6. The van der Waals surface area contributed by atoms with Crippen molar-refractivity contribution in [3.05, 3.63) is 36.5 Å². The molecule has 0 fully saturated rings. The van der Waals surface area contributed by atoms with Crippen LogP contribution in [0.15, 0.2) is 36.5 Å². The normalized spacial score (nSPS) is 9.76. The average Bonchev–Trinajstić information content (AvgIpc) is 2.91. The molecule has 0 heterocycles. The van der Waals surface area contributed by atoms with E-state index in [2.05, 4.69) is 13.8 Å². The van der Waals surface area contributed by atoms with Gasteiger partial charge in [-0.05, 0) is 36.5 Å². The molecule has 0 atom stereocenters. The van der Waals surface area contributed by atoms with Crippen LogP contribution >= 0.6 is 0 Å². The van der Waals surface area contributed by atoms with Gasteiger partial charge in [-0.1, -0.05) is 0 Å². The molecule has 0 aromatic heterocycles. The first-order valence-corrected chi connectivity index (χ1v) is 17.3. The Labute approximate surface area is 275 Å². The first-order valence-electron chi connectivity index (χ1n) is 13.3. The van der Waals surface area contributed by atoms with Crippen molar-refractivity contribution in [3.8, 4) is 0 Å². The molecule has 0 bridgehead atoms. The van der Waals surface area contributed by atoms with Gasteiger partial charge in [-0.15, -0.1) is 0 Å². The number of carbonyl (C=O) groups excluding carboxylic acids is 6. The molecule has 0 radical (unpaired) electrons. The Morgan fingerprint density at radius 2 is 0.548 bits per heavy atom. The molecule has 42 heavy (non-hydrogen) atoms. The van der Waals surface area contributed by atoms with Crippen molar-refractivity contribution >= 4 is 80.9 Å². The molecule has 14 heteroatoms. The zero-order valence-corrected chi connectivity index (χ0v) is 30.0. The molecule has 0 aliphatic heterocycles. The van der Waals surface area contributed by atoms with Gasteiger partial charge in [-0.2, -0.15) is 0 Å². The van der Waals surface area contributed by atoms with Crippen LogP contribution in [0.25, 0.3) is 0 Å². The van der Waals surface area contributed by atoms with E-state index in [4.69, 9.17) is 0 Å². The molecule has 0 aromatic carbocycles. The molecule has 0 aliphatic rings. The van der Waals surface area contributed by atoms with Gasteiger partial charge in [-0.25, -0.2) is 0 Å². The summed E-state index contributed by atoms with van der Waals surface area (Å²) in [6.45, 7) is 4.54. The number of unbranched alkanes of at least 4 members (excludes halogenated alkanes) is 10. The smallest absolute Gasteiger partial charge is 0.0643 e. The molecule has 0 N–H and O–H groups in total. The Hall–Kier alpha value is -2.36. The van der Waals surface area contributed by atoms with Crippen molar-refractivity contribution in [3.63, 3.8) is 0 Å². The van der Waals surface area contributed by atoms with Gasteiger partial charge in [0.1, 0.15) is 0 Å². The largest absolute Gasteiger partial charge is 0.545 e. The van der Waals surface area contributed by atoms with Crippen molar-refractivity contribution in [1.82, 2.24) is 0 Å². The molecular formula is C28H40O12Sn2. The summed E-state index contributed by atoms with van der Waals surface area (Å²) in [4.78, 5) is 56.5. The Balaban J connectivity index is -0.000000136. The first kappa shape index (κ1) is 49.3. The van der Waals surface area contributed by atoms with Crippen LogP contribution in [0.2, 0.25) is 8.87 Å². The number of carboxylic acid groups (broad SMARTS) is 6. The Kier molecular flexibility index (Phi) is 50.6. The van der Waals surface area contributed by atoms with E-state index in [9.17, 15) is 59.4 Å². The minimum Gasteiger partial charge on any atom is -0.545 e. The van der Waals surface area contributed by atoms with E-state index in [1.165, 1.54) is 85.9 Å². The van der Waals surface area contributed by atoms with Crippen LogP contribution < -0.4 is 30.6 Å². The summed E-state index contributed by atoms with van der Waals surface area (Å²) in [6, 6.07) is 0. The van der Waals surface area contributed by atoms with E-state index in [1.54, 1.807) is 45.0 Å². The maximum Gasteiger partial charge on any atom is 0.0643 e. The summed E-state index contributed by atoms with van der Waals surface area (Å²) >= 11 is 3.42. The molecule has 0 saturated carbocycles. The summed E-state index contributed by atoms with van der Waals surface area (Å²) in [5, 5.41) is 56.5. The number of rotatable bonds is 18. The minimum atomic E-state index is -1.55. The maximum absolute atomic E-state index is 9.41. The number of aliphatic carboxylic acids is 6. The number of hydrogen-bond donors (Lipinski definition) is 0. The average molecular weight is 806 g/mol. The molecule has 0 saturated heterocycles. The van der Waals surface area contributed by atoms with E-state index in [0.29, 0.717) is 36.5 Å². The monoisotopic (exact) mass is 808 g/mol. The van der Waals surface area contributed by atoms with Crippen molar-refractivity contribution in [2.45, 2.75) is 99.8 Å². The van der Waals surface area contributed by atoms with Crippen LogP contribution in [0.1, 0.15) is 90.9 Å². The molecule has 0 aromatic rings. The van der Waals surface area contributed by atoms with Crippen LogP contribution in [0, 0.1) is 0 Å². The topological polar surface area (TPSA) is 241 Å². The van der Waals surface area contributed by atoms with Gasteiger partial charge in [-0.3, -0.25) is 0 Å². The fourth-order valence-electron chi connectivity index (χ4n) is 2.22. The molecule has 0 rings (SSSR count). The van der Waals surface area contributed by atoms with Gasteiger partial charge in [0, 0.05) is 0 Å². The van der Waals surface area contributed by atoms with Gasteiger partial charge in [0.25, 0.3) is 0 Å². The predicted molar refractivity (Wildman–Crippen MR) is 145 cm³/mol. The summed E-state index contributed by atoms with van der Waals surface area (Å²) in [6.07, 6.45) is 19.7. The first-order chi connectivity index (χ1) is 19.7. The number of carboxylic acids is 6. The second-order valence-corrected chi connectivity index (χ2v) is 10.8. The third-order valence-corrected chi connectivity index (χ3v) is 6.15. The van der Waals surface area contributed by atoms with Crippen molar-refractivity contribution in [1.29, 1.82) is 0 Å². The van der Waals surface area contributed by atoms with Crippen LogP contribution in [0.5, 0.6) is 0 Å². The second-order valence-electron chi connectivity index (χ2n) is 7.95. The maximum atomic E-state index is 9.41. The molecule has 12 nitrogen and oxygen atoms in total. The summed E-state index contributed by atoms with van der Waals surface area (Å²) in [7, 11) is 0. The van der Waals surface area contributed by atoms with Gasteiger partial charge in [0.15, 0.2) is 0 Å². The Morgan fingerprint density at radius 1 is 0.381 bits per heavy atom. The van der Waals surface area contributed by atoms with Crippen molar-refractivity contribution < 1.29 is 59.4 Å². The fourth-order valence-corrected chi connectivity index (χ4v) is 3.65. The van der Waals surface area contributed by atoms with E-state index in [-0.39, 0.29) is 0 Å². The van der Waals surface area contributed by atoms with Crippen LogP contribution in [-0.2, 0) is 28.8 Å². The third-order valence-electron chi connectivity index (χ3n) is 4.13. The predicted octanol–water partition coefficient (Wildman–Crippen LogP) is -3.01. The Morgan fingerprint density at radius 3 is 0.690 bits per heavy atom. The second kappa shape index (κ2) is 43.1. The molecular weight excluding hydrogens is 766 g/mol.